The summed E-state index contributed by atoms with van der Waals surface area (Å²) in [5.74, 6) is -0.183. The lowest BCUT2D eigenvalue weighted by Gasteiger charge is -2.09. The van der Waals surface area contributed by atoms with Crippen LogP contribution in [0.3, 0.4) is 0 Å². The molecule has 0 aliphatic heterocycles. The van der Waals surface area contributed by atoms with Crippen LogP contribution in [0.5, 0.6) is 0 Å². The minimum absolute atomic E-state index is 0.183. The number of benzene rings is 2. The summed E-state index contributed by atoms with van der Waals surface area (Å²) < 4.78 is 1.69. The largest absolute Gasteiger partial charge is 0.348 e. The average molecular weight is 425 g/mol. The minimum Gasteiger partial charge on any atom is -0.348 e. The van der Waals surface area contributed by atoms with E-state index in [2.05, 4.69) is 15.4 Å². The topological polar surface area (TPSA) is 59.8 Å². The normalized spacial score (nSPS) is 11.0. The molecule has 0 aliphatic rings. The van der Waals surface area contributed by atoms with E-state index < -0.39 is 0 Å². The molecule has 7 heteroatoms. The maximum absolute atomic E-state index is 13.0. The predicted molar refractivity (Wildman–Crippen MR) is 116 cm³/mol. The van der Waals surface area contributed by atoms with Crippen LogP contribution in [0.25, 0.3) is 16.7 Å². The third kappa shape index (κ3) is 3.84. The molecule has 0 fully saturated rings. The quantitative estimate of drug-likeness (QED) is 0.484. The SMILES string of the molecule is Cc1cc(C(=O)NCc2ccc(Cl)cc2)c2c(C)nn(-c3ccccc3Cl)c2n1. The highest BCUT2D eigenvalue weighted by atomic mass is 35.5. The summed E-state index contributed by atoms with van der Waals surface area (Å²) in [7, 11) is 0. The number of pyridine rings is 1. The number of rotatable bonds is 4. The van der Waals surface area contributed by atoms with Crippen LogP contribution in [0.2, 0.25) is 10.0 Å². The number of amides is 1. The molecule has 0 spiro atoms. The molecule has 0 bridgehead atoms. The fourth-order valence-corrected chi connectivity index (χ4v) is 3.61. The van der Waals surface area contributed by atoms with Gasteiger partial charge in [0.2, 0.25) is 0 Å². The number of nitrogens with one attached hydrogen (secondary N) is 1. The van der Waals surface area contributed by atoms with E-state index in [4.69, 9.17) is 23.2 Å². The van der Waals surface area contributed by atoms with E-state index in [0.717, 1.165) is 16.9 Å². The van der Waals surface area contributed by atoms with Gasteiger partial charge in [-0.3, -0.25) is 4.79 Å². The molecule has 4 aromatic rings. The molecule has 4 rings (SSSR count). The third-order valence-electron chi connectivity index (χ3n) is 4.63. The Kier molecular flexibility index (Phi) is 5.26. The van der Waals surface area contributed by atoms with Gasteiger partial charge in [-0.05, 0) is 49.7 Å². The molecule has 2 aromatic heterocycles. The van der Waals surface area contributed by atoms with E-state index in [9.17, 15) is 4.79 Å². The van der Waals surface area contributed by atoms with Gasteiger partial charge >= 0.3 is 0 Å². The molecule has 2 heterocycles. The fourth-order valence-electron chi connectivity index (χ4n) is 3.26. The van der Waals surface area contributed by atoms with Crippen molar-refractivity contribution in [3.8, 4) is 5.69 Å². The van der Waals surface area contributed by atoms with Gasteiger partial charge in [0.25, 0.3) is 5.91 Å². The summed E-state index contributed by atoms with van der Waals surface area (Å²) >= 11 is 12.3. The molecule has 2 aromatic carbocycles. The number of fused-ring (bicyclic) bond motifs is 1. The van der Waals surface area contributed by atoms with Crippen molar-refractivity contribution in [2.45, 2.75) is 20.4 Å². The third-order valence-corrected chi connectivity index (χ3v) is 5.20. The number of halogens is 2. The van der Waals surface area contributed by atoms with Crippen LogP contribution in [-0.4, -0.2) is 20.7 Å². The minimum atomic E-state index is -0.183. The molecule has 0 radical (unpaired) electrons. The molecule has 1 amide bonds. The lowest BCUT2D eigenvalue weighted by Crippen LogP contribution is -2.23. The maximum Gasteiger partial charge on any atom is 0.252 e. The van der Waals surface area contributed by atoms with Gasteiger partial charge in [0.15, 0.2) is 5.65 Å². The number of hydrogen-bond acceptors (Lipinski definition) is 3. The Morgan fingerprint density at radius 2 is 1.79 bits per heavy atom. The first kappa shape index (κ1) is 19.4. The van der Waals surface area contributed by atoms with Crippen molar-refractivity contribution >= 4 is 40.1 Å². The summed E-state index contributed by atoms with van der Waals surface area (Å²) in [5.41, 5.74) is 4.27. The Labute approximate surface area is 178 Å². The summed E-state index contributed by atoms with van der Waals surface area (Å²) in [5, 5.41) is 9.51. The van der Waals surface area contributed by atoms with Crippen LogP contribution >= 0.6 is 23.2 Å². The number of para-hydroxylation sites is 1. The van der Waals surface area contributed by atoms with Gasteiger partial charge in [-0.15, -0.1) is 0 Å². The maximum atomic E-state index is 13.0. The van der Waals surface area contributed by atoms with Crippen LogP contribution < -0.4 is 5.32 Å². The Hall–Kier alpha value is -2.89. The Morgan fingerprint density at radius 1 is 1.07 bits per heavy atom. The summed E-state index contributed by atoms with van der Waals surface area (Å²) in [4.78, 5) is 17.6. The second kappa shape index (κ2) is 7.85. The lowest BCUT2D eigenvalue weighted by molar-refractivity contribution is 0.0952. The molecular formula is C22H18Cl2N4O. The van der Waals surface area contributed by atoms with Crippen LogP contribution in [0.4, 0.5) is 0 Å². The lowest BCUT2D eigenvalue weighted by atomic mass is 10.1. The molecule has 5 nitrogen and oxygen atoms in total. The standard InChI is InChI=1S/C22H18Cl2N4O/c1-13-11-17(22(29)25-12-15-7-9-16(23)10-8-15)20-14(2)27-28(21(20)26-13)19-6-4-3-5-18(19)24/h3-11H,12H2,1-2H3,(H,25,29). The van der Waals surface area contributed by atoms with Gasteiger partial charge < -0.3 is 5.32 Å². The molecule has 0 unspecified atom stereocenters. The number of hydrogen-bond donors (Lipinski definition) is 1. The van der Waals surface area contributed by atoms with Crippen LogP contribution in [0.15, 0.2) is 54.6 Å². The summed E-state index contributed by atoms with van der Waals surface area (Å²) in [6, 6.07) is 16.6. The highest BCUT2D eigenvalue weighted by Crippen LogP contribution is 2.28. The van der Waals surface area contributed by atoms with Gasteiger partial charge in [0.1, 0.15) is 0 Å². The van der Waals surface area contributed by atoms with Crippen LogP contribution in [0.1, 0.15) is 27.3 Å². The highest BCUT2D eigenvalue weighted by Gasteiger charge is 2.20. The average Bonchev–Trinajstić information content (AvgIpc) is 3.03. The first-order valence-corrected chi connectivity index (χ1v) is 9.84. The summed E-state index contributed by atoms with van der Waals surface area (Å²) in [6.07, 6.45) is 0. The molecular weight excluding hydrogens is 407 g/mol. The molecule has 0 atom stereocenters. The van der Waals surface area contributed by atoms with Crippen molar-refractivity contribution in [3.05, 3.63) is 87.2 Å². The fraction of sp³-hybridized carbons (Fsp3) is 0.136. The zero-order chi connectivity index (χ0) is 20.5. The molecule has 0 saturated heterocycles. The Morgan fingerprint density at radius 3 is 2.52 bits per heavy atom. The van der Waals surface area contributed by atoms with Crippen molar-refractivity contribution in [1.29, 1.82) is 0 Å². The molecule has 29 heavy (non-hydrogen) atoms. The second-order valence-corrected chi connectivity index (χ2v) is 7.61. The van der Waals surface area contributed by atoms with Crippen molar-refractivity contribution in [1.82, 2.24) is 20.1 Å². The summed E-state index contributed by atoms with van der Waals surface area (Å²) in [6.45, 7) is 4.12. The van der Waals surface area contributed by atoms with E-state index in [1.165, 1.54) is 0 Å². The zero-order valence-corrected chi connectivity index (χ0v) is 17.4. The number of carbonyl (C=O) groups is 1. The highest BCUT2D eigenvalue weighted by molar-refractivity contribution is 6.32. The van der Waals surface area contributed by atoms with Gasteiger partial charge in [0, 0.05) is 17.3 Å². The number of aryl methyl sites for hydroxylation is 2. The smallest absolute Gasteiger partial charge is 0.252 e. The van der Waals surface area contributed by atoms with Crippen molar-refractivity contribution < 1.29 is 4.79 Å². The van der Waals surface area contributed by atoms with E-state index >= 15 is 0 Å². The molecule has 146 valence electrons. The number of aromatic nitrogens is 3. The first-order chi connectivity index (χ1) is 13.9. The van der Waals surface area contributed by atoms with E-state index in [-0.39, 0.29) is 5.91 Å². The predicted octanol–water partition coefficient (Wildman–Crippen LogP) is 5.27. The van der Waals surface area contributed by atoms with Crippen LogP contribution in [0, 0.1) is 13.8 Å². The molecule has 0 saturated carbocycles. The Bertz CT molecular complexity index is 1220. The zero-order valence-electron chi connectivity index (χ0n) is 15.9. The van der Waals surface area contributed by atoms with Crippen molar-refractivity contribution in [3.63, 3.8) is 0 Å². The second-order valence-electron chi connectivity index (χ2n) is 6.77. The van der Waals surface area contributed by atoms with Gasteiger partial charge in [-0.25, -0.2) is 9.67 Å². The van der Waals surface area contributed by atoms with Gasteiger partial charge in [-0.2, -0.15) is 5.10 Å². The Balaban J connectivity index is 1.74. The van der Waals surface area contributed by atoms with Gasteiger partial charge in [-0.1, -0.05) is 47.5 Å². The number of carbonyl (C=O) groups excluding carboxylic acids is 1. The van der Waals surface area contributed by atoms with E-state index in [1.54, 1.807) is 28.9 Å². The first-order valence-electron chi connectivity index (χ1n) is 9.08. The molecule has 0 aliphatic carbocycles. The van der Waals surface area contributed by atoms with Crippen molar-refractivity contribution in [2.75, 3.05) is 0 Å². The monoisotopic (exact) mass is 424 g/mol. The van der Waals surface area contributed by atoms with E-state index in [0.29, 0.717) is 38.9 Å². The van der Waals surface area contributed by atoms with E-state index in [1.807, 2.05) is 44.2 Å². The van der Waals surface area contributed by atoms with Crippen molar-refractivity contribution in [2.24, 2.45) is 0 Å². The van der Waals surface area contributed by atoms with Gasteiger partial charge in [0.05, 0.1) is 27.4 Å². The number of nitrogens with zero attached hydrogens (tertiary/aromatic N) is 3. The van der Waals surface area contributed by atoms with Crippen LogP contribution in [-0.2, 0) is 6.54 Å². The molecule has 1 N–H and O–H groups in total.